The molecule has 94 valence electrons. The molecule has 3 rings (SSSR count). The van der Waals surface area contributed by atoms with Crippen LogP contribution in [0.15, 0.2) is 12.1 Å². The molecule has 0 saturated heterocycles. The summed E-state index contributed by atoms with van der Waals surface area (Å²) in [6.07, 6.45) is 2.35. The largest absolute Gasteiger partial charge is 0.496 e. The number of hydrogen-bond donors (Lipinski definition) is 2. The van der Waals surface area contributed by atoms with Crippen LogP contribution in [0.4, 0.5) is 5.69 Å². The quantitative estimate of drug-likeness (QED) is 0.836. The third-order valence-electron chi connectivity index (χ3n) is 3.03. The number of benzene rings is 1. The second-order valence-electron chi connectivity index (χ2n) is 4.39. The lowest BCUT2D eigenvalue weighted by Gasteiger charge is -2.07. The van der Waals surface area contributed by atoms with Crippen LogP contribution in [-0.2, 0) is 0 Å². The van der Waals surface area contributed by atoms with E-state index in [1.807, 2.05) is 0 Å². The predicted octanol–water partition coefficient (Wildman–Crippen LogP) is 2.59. The maximum Gasteiger partial charge on any atom is 0.184 e. The highest BCUT2D eigenvalue weighted by molar-refractivity contribution is 6.33. The zero-order valence-electron chi connectivity index (χ0n) is 9.90. The number of H-pyrrole nitrogens is 1. The second kappa shape index (κ2) is 4.17. The molecule has 5 nitrogen and oxygen atoms in total. The monoisotopic (exact) mass is 264 g/mol. The number of rotatable bonds is 3. The number of halogens is 1. The van der Waals surface area contributed by atoms with E-state index < -0.39 is 0 Å². The molecule has 1 saturated carbocycles. The van der Waals surface area contributed by atoms with Crippen molar-refractivity contribution in [3.05, 3.63) is 23.0 Å². The van der Waals surface area contributed by atoms with Crippen LogP contribution in [0.25, 0.3) is 11.4 Å². The Balaban J connectivity index is 2.05. The first-order valence-corrected chi connectivity index (χ1v) is 6.12. The van der Waals surface area contributed by atoms with Gasteiger partial charge >= 0.3 is 0 Å². The van der Waals surface area contributed by atoms with Crippen LogP contribution in [0.2, 0.25) is 5.02 Å². The summed E-state index contributed by atoms with van der Waals surface area (Å²) in [5.74, 6) is 2.68. The molecule has 1 aromatic carbocycles. The van der Waals surface area contributed by atoms with Gasteiger partial charge in [0, 0.05) is 12.0 Å². The molecule has 0 bridgehead atoms. The summed E-state index contributed by atoms with van der Waals surface area (Å²) >= 11 is 6.03. The fraction of sp³-hybridized carbons (Fsp3) is 0.333. The number of ether oxygens (including phenoxy) is 1. The Morgan fingerprint density at radius 1 is 1.44 bits per heavy atom. The van der Waals surface area contributed by atoms with Crippen molar-refractivity contribution in [2.75, 3.05) is 12.8 Å². The Kier molecular flexibility index (Phi) is 2.63. The van der Waals surface area contributed by atoms with E-state index in [0.717, 1.165) is 11.4 Å². The number of nitrogens with zero attached hydrogens (tertiary/aromatic N) is 2. The molecule has 0 atom stereocenters. The van der Waals surface area contributed by atoms with Gasteiger partial charge in [-0.2, -0.15) is 5.10 Å². The molecule has 3 N–H and O–H groups in total. The van der Waals surface area contributed by atoms with Crippen LogP contribution >= 0.6 is 11.6 Å². The maximum atomic E-state index is 6.03. The van der Waals surface area contributed by atoms with E-state index in [0.29, 0.717) is 28.2 Å². The molecule has 0 unspecified atom stereocenters. The zero-order chi connectivity index (χ0) is 12.7. The second-order valence-corrected chi connectivity index (χ2v) is 4.80. The fourth-order valence-corrected chi connectivity index (χ4v) is 2.01. The normalized spacial score (nSPS) is 14.8. The maximum absolute atomic E-state index is 6.03. The van der Waals surface area contributed by atoms with Gasteiger partial charge in [-0.3, -0.25) is 5.10 Å². The summed E-state index contributed by atoms with van der Waals surface area (Å²) in [7, 11) is 1.58. The van der Waals surface area contributed by atoms with E-state index >= 15 is 0 Å². The van der Waals surface area contributed by atoms with Crippen LogP contribution in [0.5, 0.6) is 5.75 Å². The topological polar surface area (TPSA) is 76.8 Å². The van der Waals surface area contributed by atoms with E-state index in [4.69, 9.17) is 22.1 Å². The van der Waals surface area contributed by atoms with Crippen molar-refractivity contribution in [1.29, 1.82) is 0 Å². The Labute approximate surface area is 109 Å². The molecule has 1 heterocycles. The van der Waals surface area contributed by atoms with Crippen molar-refractivity contribution in [1.82, 2.24) is 15.2 Å². The summed E-state index contributed by atoms with van der Waals surface area (Å²) < 4.78 is 5.29. The molecule has 1 aromatic heterocycles. The first-order chi connectivity index (χ1) is 8.69. The first kappa shape index (κ1) is 11.3. The smallest absolute Gasteiger partial charge is 0.184 e. The molecule has 0 radical (unpaired) electrons. The lowest BCUT2D eigenvalue weighted by Crippen LogP contribution is -1.94. The summed E-state index contributed by atoms with van der Waals surface area (Å²) in [5, 5.41) is 7.65. The SMILES string of the molecule is COc1cc(N)c(Cl)cc1-c1n[nH]c(C2CC2)n1. The van der Waals surface area contributed by atoms with Crippen molar-refractivity contribution < 1.29 is 4.74 Å². The highest BCUT2D eigenvalue weighted by Gasteiger charge is 2.27. The highest BCUT2D eigenvalue weighted by atomic mass is 35.5. The number of methoxy groups -OCH3 is 1. The van der Waals surface area contributed by atoms with E-state index in [1.54, 1.807) is 19.2 Å². The minimum absolute atomic E-state index is 0.476. The number of hydrogen-bond acceptors (Lipinski definition) is 4. The first-order valence-electron chi connectivity index (χ1n) is 5.74. The predicted molar refractivity (Wildman–Crippen MR) is 69.8 cm³/mol. The van der Waals surface area contributed by atoms with E-state index in [1.165, 1.54) is 12.8 Å². The summed E-state index contributed by atoms with van der Waals surface area (Å²) in [4.78, 5) is 4.48. The van der Waals surface area contributed by atoms with Crippen LogP contribution in [0.1, 0.15) is 24.6 Å². The number of anilines is 1. The van der Waals surface area contributed by atoms with Crippen molar-refractivity contribution >= 4 is 17.3 Å². The van der Waals surface area contributed by atoms with Crippen LogP contribution < -0.4 is 10.5 Å². The molecule has 0 spiro atoms. The minimum Gasteiger partial charge on any atom is -0.496 e. The van der Waals surface area contributed by atoms with Gasteiger partial charge in [-0.25, -0.2) is 4.98 Å². The standard InChI is InChI=1S/C12H13ClN4O/c1-18-10-5-9(14)8(13)4-7(10)12-15-11(16-17-12)6-2-3-6/h4-6H,2-3,14H2,1H3,(H,15,16,17). The lowest BCUT2D eigenvalue weighted by molar-refractivity contribution is 0.416. The molecule has 18 heavy (non-hydrogen) atoms. The Hall–Kier alpha value is -1.75. The molecule has 0 aliphatic heterocycles. The lowest BCUT2D eigenvalue weighted by atomic mass is 10.1. The molecular formula is C12H13ClN4O. The van der Waals surface area contributed by atoms with Gasteiger partial charge in [0.15, 0.2) is 5.82 Å². The van der Waals surface area contributed by atoms with Gasteiger partial charge < -0.3 is 10.5 Å². The number of nitrogens with two attached hydrogens (primary N) is 1. The van der Waals surface area contributed by atoms with Gasteiger partial charge in [0.25, 0.3) is 0 Å². The average Bonchev–Trinajstić information content (AvgIpc) is 3.10. The van der Waals surface area contributed by atoms with Gasteiger partial charge in [-0.05, 0) is 18.9 Å². The van der Waals surface area contributed by atoms with E-state index in [-0.39, 0.29) is 0 Å². The van der Waals surface area contributed by atoms with E-state index in [9.17, 15) is 0 Å². The average molecular weight is 265 g/mol. The number of aromatic nitrogens is 3. The minimum atomic E-state index is 0.476. The molecule has 0 amide bonds. The molecule has 2 aromatic rings. The van der Waals surface area contributed by atoms with Crippen molar-refractivity contribution in [2.24, 2.45) is 0 Å². The van der Waals surface area contributed by atoms with Crippen molar-refractivity contribution in [2.45, 2.75) is 18.8 Å². The number of nitrogen functional groups attached to an aromatic ring is 1. The van der Waals surface area contributed by atoms with Gasteiger partial charge in [0.2, 0.25) is 0 Å². The molecule has 1 fully saturated rings. The van der Waals surface area contributed by atoms with Crippen molar-refractivity contribution in [3.8, 4) is 17.1 Å². The van der Waals surface area contributed by atoms with Gasteiger partial charge in [0.1, 0.15) is 11.6 Å². The summed E-state index contributed by atoms with van der Waals surface area (Å²) in [5.41, 5.74) is 6.98. The zero-order valence-corrected chi connectivity index (χ0v) is 10.7. The molecule has 1 aliphatic rings. The highest BCUT2D eigenvalue weighted by Crippen LogP contribution is 2.40. The number of aromatic amines is 1. The fourth-order valence-electron chi connectivity index (χ4n) is 1.85. The van der Waals surface area contributed by atoms with Crippen LogP contribution in [0.3, 0.4) is 0 Å². The van der Waals surface area contributed by atoms with Gasteiger partial charge in [-0.15, -0.1) is 0 Å². The Morgan fingerprint density at radius 3 is 2.89 bits per heavy atom. The van der Waals surface area contributed by atoms with Gasteiger partial charge in [-0.1, -0.05) is 11.6 Å². The third kappa shape index (κ3) is 1.90. The van der Waals surface area contributed by atoms with E-state index in [2.05, 4.69) is 15.2 Å². The Morgan fingerprint density at radius 2 is 2.22 bits per heavy atom. The Bertz CT molecular complexity index is 592. The third-order valence-corrected chi connectivity index (χ3v) is 3.35. The van der Waals surface area contributed by atoms with Crippen LogP contribution in [0, 0.1) is 0 Å². The molecular weight excluding hydrogens is 252 g/mol. The van der Waals surface area contributed by atoms with Crippen molar-refractivity contribution in [3.63, 3.8) is 0 Å². The molecule has 1 aliphatic carbocycles. The van der Waals surface area contributed by atoms with Crippen LogP contribution in [-0.4, -0.2) is 22.3 Å². The van der Waals surface area contributed by atoms with Gasteiger partial charge in [0.05, 0.1) is 23.4 Å². The summed E-state index contributed by atoms with van der Waals surface area (Å²) in [6.45, 7) is 0. The number of nitrogens with one attached hydrogen (secondary N) is 1. The molecule has 6 heteroatoms. The summed E-state index contributed by atoms with van der Waals surface area (Å²) in [6, 6.07) is 3.42.